The van der Waals surface area contributed by atoms with Crippen LogP contribution in [0, 0.1) is 6.92 Å². The van der Waals surface area contributed by atoms with E-state index < -0.39 is 0 Å². The highest BCUT2D eigenvalue weighted by atomic mass is 16.5. The Labute approximate surface area is 137 Å². The van der Waals surface area contributed by atoms with Gasteiger partial charge in [0.15, 0.2) is 0 Å². The van der Waals surface area contributed by atoms with Crippen molar-refractivity contribution in [3.05, 3.63) is 65.2 Å². The van der Waals surface area contributed by atoms with Crippen LogP contribution in [-0.2, 0) is 12.8 Å². The van der Waals surface area contributed by atoms with Gasteiger partial charge in [-0.3, -0.25) is 0 Å². The van der Waals surface area contributed by atoms with Crippen LogP contribution < -0.4 is 4.74 Å². The average molecular weight is 302 g/mol. The summed E-state index contributed by atoms with van der Waals surface area (Å²) in [6.07, 6.45) is 4.93. The maximum Gasteiger partial charge on any atom is 0.126 e. The third-order valence-corrected chi connectivity index (χ3v) is 5.08. The topological polar surface area (TPSA) is 9.23 Å². The molecule has 1 aliphatic carbocycles. The van der Waals surface area contributed by atoms with Crippen molar-refractivity contribution in [1.29, 1.82) is 0 Å². The van der Waals surface area contributed by atoms with Gasteiger partial charge in [-0.15, -0.1) is 0 Å². The number of hydrogen-bond acceptors (Lipinski definition) is 1. The van der Waals surface area contributed by atoms with Crippen LogP contribution in [0.1, 0.15) is 29.5 Å². The summed E-state index contributed by atoms with van der Waals surface area (Å²) < 4.78 is 5.73. The molecule has 0 N–H and O–H groups in total. The van der Waals surface area contributed by atoms with Gasteiger partial charge in [-0.2, -0.15) is 0 Å². The molecule has 0 spiro atoms. The van der Waals surface area contributed by atoms with Gasteiger partial charge >= 0.3 is 0 Å². The first kappa shape index (κ1) is 14.3. The molecule has 0 atom stereocenters. The summed E-state index contributed by atoms with van der Waals surface area (Å²) in [4.78, 5) is 0. The fourth-order valence-electron chi connectivity index (χ4n) is 3.90. The molecule has 0 heterocycles. The summed E-state index contributed by atoms with van der Waals surface area (Å²) in [5.41, 5.74) is 6.95. The highest BCUT2D eigenvalue weighted by molar-refractivity contribution is 5.91. The Morgan fingerprint density at radius 1 is 0.870 bits per heavy atom. The van der Waals surface area contributed by atoms with Gasteiger partial charge in [-0.25, -0.2) is 0 Å². The molecule has 1 nitrogen and oxygen atoms in total. The predicted octanol–water partition coefficient (Wildman–Crippen LogP) is 5.70. The first-order valence-corrected chi connectivity index (χ1v) is 8.46. The minimum absolute atomic E-state index is 1.00. The van der Waals surface area contributed by atoms with E-state index in [1.54, 1.807) is 7.11 Å². The molecule has 116 valence electrons. The zero-order chi connectivity index (χ0) is 15.8. The molecule has 0 aromatic heterocycles. The van der Waals surface area contributed by atoms with E-state index in [0.717, 1.165) is 12.2 Å². The second-order valence-corrected chi connectivity index (χ2v) is 6.50. The molecule has 23 heavy (non-hydrogen) atoms. The molecule has 0 saturated carbocycles. The largest absolute Gasteiger partial charge is 0.496 e. The molecular formula is C22H22O. The SMILES string of the molecule is COc1ccc2c(c1-c1cc3ccccc3cc1C)CCCC2. The Balaban J connectivity index is 2.01. The van der Waals surface area contributed by atoms with Gasteiger partial charge in [-0.1, -0.05) is 36.4 Å². The van der Waals surface area contributed by atoms with Crippen molar-refractivity contribution in [2.24, 2.45) is 0 Å². The molecule has 0 amide bonds. The molecule has 0 aliphatic heterocycles. The van der Waals surface area contributed by atoms with Gasteiger partial charge in [0.2, 0.25) is 0 Å². The quantitative estimate of drug-likeness (QED) is 0.590. The van der Waals surface area contributed by atoms with Crippen molar-refractivity contribution in [3.8, 4) is 16.9 Å². The average Bonchev–Trinajstić information content (AvgIpc) is 2.60. The van der Waals surface area contributed by atoms with E-state index in [1.807, 2.05) is 0 Å². The molecule has 0 bridgehead atoms. The number of ether oxygens (including phenoxy) is 1. The van der Waals surface area contributed by atoms with Crippen LogP contribution in [0.15, 0.2) is 48.5 Å². The summed E-state index contributed by atoms with van der Waals surface area (Å²) in [6.45, 7) is 2.21. The van der Waals surface area contributed by atoms with Crippen molar-refractivity contribution in [2.75, 3.05) is 7.11 Å². The van der Waals surface area contributed by atoms with E-state index >= 15 is 0 Å². The lowest BCUT2D eigenvalue weighted by Crippen LogP contribution is -2.06. The Morgan fingerprint density at radius 2 is 1.61 bits per heavy atom. The van der Waals surface area contributed by atoms with Crippen LogP contribution >= 0.6 is 0 Å². The lowest BCUT2D eigenvalue weighted by Gasteiger charge is -2.23. The second-order valence-electron chi connectivity index (χ2n) is 6.50. The summed E-state index contributed by atoms with van der Waals surface area (Å²) in [5, 5.41) is 2.60. The molecule has 3 aromatic rings. The van der Waals surface area contributed by atoms with E-state index in [1.165, 1.54) is 57.9 Å². The summed E-state index contributed by atoms with van der Waals surface area (Å²) in [5.74, 6) is 1.00. The van der Waals surface area contributed by atoms with Crippen molar-refractivity contribution in [1.82, 2.24) is 0 Å². The van der Waals surface area contributed by atoms with Gasteiger partial charge in [0.1, 0.15) is 5.75 Å². The van der Waals surface area contributed by atoms with Crippen molar-refractivity contribution < 1.29 is 4.74 Å². The maximum atomic E-state index is 5.73. The number of aryl methyl sites for hydroxylation is 2. The summed E-state index contributed by atoms with van der Waals surface area (Å²) in [6, 6.07) is 17.6. The van der Waals surface area contributed by atoms with Crippen LogP contribution in [0.3, 0.4) is 0 Å². The van der Waals surface area contributed by atoms with Crippen LogP contribution in [-0.4, -0.2) is 7.11 Å². The van der Waals surface area contributed by atoms with Crippen LogP contribution in [0.2, 0.25) is 0 Å². The lowest BCUT2D eigenvalue weighted by atomic mass is 9.83. The van der Waals surface area contributed by atoms with Crippen LogP contribution in [0.4, 0.5) is 0 Å². The zero-order valence-electron chi connectivity index (χ0n) is 13.9. The monoisotopic (exact) mass is 302 g/mol. The molecule has 3 aromatic carbocycles. The molecule has 1 aliphatic rings. The number of benzene rings is 3. The van der Waals surface area contributed by atoms with Crippen LogP contribution in [0.5, 0.6) is 5.75 Å². The molecule has 0 unspecified atom stereocenters. The normalized spacial score (nSPS) is 13.8. The van der Waals surface area contributed by atoms with E-state index in [9.17, 15) is 0 Å². The predicted molar refractivity (Wildman–Crippen MR) is 97.3 cm³/mol. The second kappa shape index (κ2) is 5.73. The van der Waals surface area contributed by atoms with Crippen molar-refractivity contribution in [3.63, 3.8) is 0 Å². The lowest BCUT2D eigenvalue weighted by molar-refractivity contribution is 0.415. The fourth-order valence-corrected chi connectivity index (χ4v) is 3.90. The Kier molecular flexibility index (Phi) is 3.57. The molecule has 0 fully saturated rings. The fraction of sp³-hybridized carbons (Fsp3) is 0.273. The minimum Gasteiger partial charge on any atom is -0.496 e. The van der Waals surface area contributed by atoms with Crippen LogP contribution in [0.25, 0.3) is 21.9 Å². The molecule has 0 saturated heterocycles. The molecular weight excluding hydrogens is 280 g/mol. The molecule has 0 radical (unpaired) electrons. The first-order chi connectivity index (χ1) is 11.3. The highest BCUT2D eigenvalue weighted by Gasteiger charge is 2.19. The highest BCUT2D eigenvalue weighted by Crippen LogP contribution is 2.41. The minimum atomic E-state index is 1.00. The van der Waals surface area contributed by atoms with Crippen molar-refractivity contribution >= 4 is 10.8 Å². The molecule has 1 heteroatoms. The van der Waals surface area contributed by atoms with E-state index in [0.29, 0.717) is 0 Å². The Hall–Kier alpha value is -2.28. The van der Waals surface area contributed by atoms with Gasteiger partial charge in [0.25, 0.3) is 0 Å². The maximum absolute atomic E-state index is 5.73. The van der Waals surface area contributed by atoms with Gasteiger partial charge in [-0.05, 0) is 77.8 Å². The summed E-state index contributed by atoms with van der Waals surface area (Å²) >= 11 is 0. The number of methoxy groups -OCH3 is 1. The van der Waals surface area contributed by atoms with Crippen molar-refractivity contribution in [2.45, 2.75) is 32.6 Å². The Morgan fingerprint density at radius 3 is 2.39 bits per heavy atom. The number of hydrogen-bond donors (Lipinski definition) is 0. The van der Waals surface area contributed by atoms with Gasteiger partial charge in [0, 0.05) is 5.56 Å². The van der Waals surface area contributed by atoms with Gasteiger partial charge < -0.3 is 4.74 Å². The first-order valence-electron chi connectivity index (χ1n) is 8.46. The Bertz CT molecular complexity index is 877. The van der Waals surface area contributed by atoms with E-state index in [2.05, 4.69) is 55.5 Å². The third kappa shape index (κ3) is 2.41. The third-order valence-electron chi connectivity index (χ3n) is 5.08. The van der Waals surface area contributed by atoms with Gasteiger partial charge in [0.05, 0.1) is 7.11 Å². The number of fused-ring (bicyclic) bond motifs is 2. The smallest absolute Gasteiger partial charge is 0.126 e. The standard InChI is InChI=1S/C22H22O/c1-15-13-17-8-3-4-9-18(17)14-20(15)22-19-10-6-5-7-16(19)11-12-21(22)23-2/h3-4,8-9,11-14H,5-7,10H2,1-2H3. The molecule has 4 rings (SSSR count). The zero-order valence-corrected chi connectivity index (χ0v) is 13.9. The van der Waals surface area contributed by atoms with E-state index in [-0.39, 0.29) is 0 Å². The van der Waals surface area contributed by atoms with E-state index in [4.69, 9.17) is 4.74 Å². The summed E-state index contributed by atoms with van der Waals surface area (Å²) in [7, 11) is 1.78. The number of rotatable bonds is 2.